The van der Waals surface area contributed by atoms with Crippen molar-refractivity contribution in [3.63, 3.8) is 0 Å². The Hall–Kier alpha value is -1.36. The van der Waals surface area contributed by atoms with Gasteiger partial charge in [-0.05, 0) is 26.7 Å². The van der Waals surface area contributed by atoms with Gasteiger partial charge in [0.25, 0.3) is 0 Å². The van der Waals surface area contributed by atoms with Crippen LogP contribution in [0.15, 0.2) is 10.6 Å². The van der Waals surface area contributed by atoms with Gasteiger partial charge in [0.2, 0.25) is 5.91 Å². The van der Waals surface area contributed by atoms with Crippen LogP contribution in [0, 0.1) is 12.8 Å². The van der Waals surface area contributed by atoms with Gasteiger partial charge in [-0.25, -0.2) is 0 Å². The molecule has 0 saturated heterocycles. The molecule has 0 aromatic carbocycles. The van der Waals surface area contributed by atoms with Crippen LogP contribution in [-0.4, -0.2) is 17.1 Å². The van der Waals surface area contributed by atoms with Crippen molar-refractivity contribution in [2.75, 3.05) is 0 Å². The molecule has 1 heterocycles. The number of amides is 1. The SMILES string of the molecule is Cc1cc(CNC(=O)C(C)CCCC(C)N)no1. The molecule has 0 radical (unpaired) electrons. The van der Waals surface area contributed by atoms with Crippen LogP contribution in [0.2, 0.25) is 0 Å². The molecule has 3 N–H and O–H groups in total. The molecule has 0 spiro atoms. The second-order valence-electron chi connectivity index (χ2n) is 4.96. The summed E-state index contributed by atoms with van der Waals surface area (Å²) in [7, 11) is 0. The number of nitrogens with one attached hydrogen (secondary N) is 1. The molecule has 1 rings (SSSR count). The molecule has 1 aromatic heterocycles. The first-order valence-corrected chi connectivity index (χ1v) is 6.44. The third kappa shape index (κ3) is 5.31. The lowest BCUT2D eigenvalue weighted by atomic mass is 10.0. The largest absolute Gasteiger partial charge is 0.361 e. The lowest BCUT2D eigenvalue weighted by Gasteiger charge is -2.12. The fraction of sp³-hybridized carbons (Fsp3) is 0.692. The highest BCUT2D eigenvalue weighted by Gasteiger charge is 2.13. The van der Waals surface area contributed by atoms with Crippen LogP contribution in [0.1, 0.15) is 44.6 Å². The second kappa shape index (κ2) is 7.16. The summed E-state index contributed by atoms with van der Waals surface area (Å²) in [5, 5.41) is 6.68. The molecular weight excluding hydrogens is 230 g/mol. The first-order chi connectivity index (χ1) is 8.49. The van der Waals surface area contributed by atoms with Gasteiger partial charge < -0.3 is 15.6 Å². The quantitative estimate of drug-likeness (QED) is 0.775. The van der Waals surface area contributed by atoms with E-state index in [9.17, 15) is 4.79 Å². The van der Waals surface area contributed by atoms with Crippen molar-refractivity contribution in [3.8, 4) is 0 Å². The highest BCUT2D eigenvalue weighted by Crippen LogP contribution is 2.09. The van der Waals surface area contributed by atoms with Crippen LogP contribution < -0.4 is 11.1 Å². The van der Waals surface area contributed by atoms with E-state index in [0.717, 1.165) is 30.7 Å². The van der Waals surface area contributed by atoms with E-state index in [1.54, 1.807) is 0 Å². The summed E-state index contributed by atoms with van der Waals surface area (Å²) >= 11 is 0. The van der Waals surface area contributed by atoms with Crippen LogP contribution in [0.25, 0.3) is 0 Å². The number of carbonyl (C=O) groups excluding carboxylic acids is 1. The highest BCUT2D eigenvalue weighted by atomic mass is 16.5. The average Bonchev–Trinajstić information content (AvgIpc) is 2.71. The van der Waals surface area contributed by atoms with Gasteiger partial charge in [-0.3, -0.25) is 4.79 Å². The van der Waals surface area contributed by atoms with Crippen LogP contribution in [0.3, 0.4) is 0 Å². The fourth-order valence-electron chi connectivity index (χ4n) is 1.73. The number of rotatable bonds is 7. The summed E-state index contributed by atoms with van der Waals surface area (Å²) < 4.78 is 4.93. The molecule has 102 valence electrons. The molecule has 2 unspecified atom stereocenters. The Kier molecular flexibility index (Phi) is 5.85. The Morgan fingerprint density at radius 2 is 2.22 bits per heavy atom. The predicted molar refractivity (Wildman–Crippen MR) is 69.8 cm³/mol. The summed E-state index contributed by atoms with van der Waals surface area (Å²) in [6.45, 7) is 6.17. The summed E-state index contributed by atoms with van der Waals surface area (Å²) in [4.78, 5) is 11.8. The third-order valence-corrected chi connectivity index (χ3v) is 2.86. The van der Waals surface area contributed by atoms with Crippen molar-refractivity contribution in [1.29, 1.82) is 0 Å². The normalized spacial score (nSPS) is 14.2. The molecule has 1 amide bonds. The van der Waals surface area contributed by atoms with E-state index < -0.39 is 0 Å². The minimum Gasteiger partial charge on any atom is -0.361 e. The van der Waals surface area contributed by atoms with Crippen molar-refractivity contribution in [2.45, 2.75) is 52.6 Å². The van der Waals surface area contributed by atoms with Crippen LogP contribution >= 0.6 is 0 Å². The van der Waals surface area contributed by atoms with Gasteiger partial charge in [0.15, 0.2) is 0 Å². The van der Waals surface area contributed by atoms with Gasteiger partial charge in [-0.2, -0.15) is 0 Å². The van der Waals surface area contributed by atoms with E-state index in [4.69, 9.17) is 10.3 Å². The minimum atomic E-state index is 0.0109. The lowest BCUT2D eigenvalue weighted by Crippen LogP contribution is -2.29. The van der Waals surface area contributed by atoms with E-state index >= 15 is 0 Å². The summed E-state index contributed by atoms with van der Waals surface area (Å²) in [6.07, 6.45) is 2.81. The molecule has 0 aliphatic heterocycles. The molecule has 18 heavy (non-hydrogen) atoms. The Morgan fingerprint density at radius 1 is 1.50 bits per heavy atom. The maximum absolute atomic E-state index is 11.8. The van der Waals surface area contributed by atoms with Gasteiger partial charge in [0.1, 0.15) is 11.5 Å². The predicted octanol–water partition coefficient (Wildman–Crippen LogP) is 1.75. The number of aryl methyl sites for hydroxylation is 1. The second-order valence-corrected chi connectivity index (χ2v) is 4.96. The lowest BCUT2D eigenvalue weighted by molar-refractivity contribution is -0.124. The molecule has 0 aliphatic rings. The number of carbonyl (C=O) groups is 1. The number of hydrogen-bond acceptors (Lipinski definition) is 4. The molecule has 0 aliphatic carbocycles. The Morgan fingerprint density at radius 3 is 2.78 bits per heavy atom. The van der Waals surface area contributed by atoms with Crippen molar-refractivity contribution >= 4 is 5.91 Å². The van der Waals surface area contributed by atoms with Crippen LogP contribution in [0.5, 0.6) is 0 Å². The molecule has 5 heteroatoms. The topological polar surface area (TPSA) is 81.2 Å². The van der Waals surface area contributed by atoms with Gasteiger partial charge in [-0.15, -0.1) is 0 Å². The molecular formula is C13H23N3O2. The molecule has 0 bridgehead atoms. The zero-order chi connectivity index (χ0) is 13.5. The fourth-order valence-corrected chi connectivity index (χ4v) is 1.73. The van der Waals surface area contributed by atoms with Crippen LogP contribution in [0.4, 0.5) is 0 Å². The zero-order valence-corrected chi connectivity index (χ0v) is 11.4. The van der Waals surface area contributed by atoms with Gasteiger partial charge in [-0.1, -0.05) is 18.5 Å². The van der Waals surface area contributed by atoms with Gasteiger partial charge in [0, 0.05) is 18.0 Å². The Bertz CT molecular complexity index is 374. The van der Waals surface area contributed by atoms with Crippen molar-refractivity contribution in [2.24, 2.45) is 11.7 Å². The van der Waals surface area contributed by atoms with E-state index in [2.05, 4.69) is 10.5 Å². The van der Waals surface area contributed by atoms with Crippen molar-refractivity contribution < 1.29 is 9.32 Å². The number of aromatic nitrogens is 1. The maximum Gasteiger partial charge on any atom is 0.223 e. The summed E-state index contributed by atoms with van der Waals surface area (Å²) in [6, 6.07) is 2.03. The first-order valence-electron chi connectivity index (χ1n) is 6.44. The number of nitrogens with zero attached hydrogens (tertiary/aromatic N) is 1. The smallest absolute Gasteiger partial charge is 0.223 e. The molecule has 1 aromatic rings. The summed E-state index contributed by atoms with van der Waals surface area (Å²) in [5.74, 6) is 0.821. The van der Waals surface area contributed by atoms with E-state index in [0.29, 0.717) is 6.54 Å². The van der Waals surface area contributed by atoms with Crippen LogP contribution in [-0.2, 0) is 11.3 Å². The van der Waals surface area contributed by atoms with Crippen molar-refractivity contribution in [3.05, 3.63) is 17.5 Å². The standard InChI is InChI=1S/C13H23N3O2/c1-9(5-4-6-10(2)14)13(17)15-8-12-7-11(3)18-16-12/h7,9-10H,4-6,8,14H2,1-3H3,(H,15,17). The monoisotopic (exact) mass is 253 g/mol. The summed E-state index contributed by atoms with van der Waals surface area (Å²) in [5.41, 5.74) is 6.43. The first kappa shape index (κ1) is 14.7. The average molecular weight is 253 g/mol. The number of hydrogen-bond donors (Lipinski definition) is 2. The zero-order valence-electron chi connectivity index (χ0n) is 11.4. The molecule has 2 atom stereocenters. The Labute approximate surface area is 108 Å². The molecule has 0 fully saturated rings. The number of nitrogens with two attached hydrogens (primary N) is 1. The maximum atomic E-state index is 11.8. The third-order valence-electron chi connectivity index (χ3n) is 2.86. The molecule has 0 saturated carbocycles. The van der Waals surface area contributed by atoms with Gasteiger partial charge >= 0.3 is 0 Å². The Balaban J connectivity index is 2.23. The highest BCUT2D eigenvalue weighted by molar-refractivity contribution is 5.78. The molecule has 5 nitrogen and oxygen atoms in total. The van der Waals surface area contributed by atoms with Crippen molar-refractivity contribution in [1.82, 2.24) is 10.5 Å². The van der Waals surface area contributed by atoms with E-state index in [1.807, 2.05) is 26.8 Å². The van der Waals surface area contributed by atoms with E-state index in [-0.39, 0.29) is 17.9 Å². The van der Waals surface area contributed by atoms with Gasteiger partial charge in [0.05, 0.1) is 6.54 Å². The van der Waals surface area contributed by atoms with E-state index in [1.165, 1.54) is 0 Å². The minimum absolute atomic E-state index is 0.0109.